The predicted molar refractivity (Wildman–Crippen MR) is 42.8 cm³/mol. The van der Waals surface area contributed by atoms with Crippen LogP contribution in [0, 0.1) is 0 Å². The molecule has 0 radical (unpaired) electrons. The van der Waals surface area contributed by atoms with Crippen LogP contribution in [0.1, 0.15) is 11.6 Å². The van der Waals surface area contributed by atoms with Crippen LogP contribution in [-0.4, -0.2) is 17.1 Å². The summed E-state index contributed by atoms with van der Waals surface area (Å²) in [4.78, 5) is 10.4. The zero-order chi connectivity index (χ0) is 9.42. The van der Waals surface area contributed by atoms with Crippen molar-refractivity contribution in [1.29, 1.82) is 0 Å². The van der Waals surface area contributed by atoms with E-state index >= 15 is 0 Å². The molecule has 1 aliphatic heterocycles. The molecule has 1 heterocycles. The summed E-state index contributed by atoms with van der Waals surface area (Å²) in [7, 11) is 0. The normalized spacial score (nSPS) is 25.5. The number of hydrogen-bond donors (Lipinski definition) is 2. The lowest BCUT2D eigenvalue weighted by Crippen LogP contribution is -2.29. The lowest BCUT2D eigenvalue weighted by atomic mass is 10.1. The van der Waals surface area contributed by atoms with Gasteiger partial charge < -0.3 is 15.0 Å². The summed E-state index contributed by atoms with van der Waals surface area (Å²) in [6.45, 7) is 0. The zero-order valence-corrected chi connectivity index (χ0v) is 6.73. The molecule has 1 aromatic rings. The Balaban J connectivity index is 2.12. The first-order valence-corrected chi connectivity index (χ1v) is 3.94. The van der Waals surface area contributed by atoms with Gasteiger partial charge in [-0.1, -0.05) is 12.1 Å². The molecule has 0 aromatic heterocycles. The number of carbonyl (C=O) groups excluding carboxylic acids is 1. The maximum atomic E-state index is 10.4. The number of phenolic OH excluding ortho intramolecular Hbond substituents is 1. The first kappa shape index (κ1) is 8.07. The molecule has 0 spiro atoms. The van der Waals surface area contributed by atoms with E-state index in [4.69, 9.17) is 5.11 Å². The number of nitrogens with one attached hydrogen (secondary N) is 1. The highest BCUT2D eigenvalue weighted by Crippen LogP contribution is 2.29. The molecule has 4 nitrogen and oxygen atoms in total. The maximum Gasteiger partial charge on any atom is 0.115 e. The fourth-order valence-electron chi connectivity index (χ4n) is 1.31. The fourth-order valence-corrected chi connectivity index (χ4v) is 1.31. The number of phenols is 1. The Kier molecular flexibility index (Phi) is 1.70. The third-order valence-corrected chi connectivity index (χ3v) is 2.09. The van der Waals surface area contributed by atoms with Crippen molar-refractivity contribution >= 4 is 5.97 Å². The Morgan fingerprint density at radius 2 is 2.00 bits per heavy atom. The molecule has 2 atom stereocenters. The minimum Gasteiger partial charge on any atom is -0.548 e. The van der Waals surface area contributed by atoms with Crippen LogP contribution in [-0.2, 0) is 4.79 Å². The molecule has 1 saturated heterocycles. The molecule has 0 bridgehead atoms. The van der Waals surface area contributed by atoms with Crippen LogP contribution in [0.3, 0.4) is 0 Å². The van der Waals surface area contributed by atoms with Crippen LogP contribution in [0.2, 0.25) is 0 Å². The standard InChI is InChI=1S/C9H9NO3/c11-6-3-1-5(2-4-6)7-8(10-7)9(12)13/h1-4,7-8,10-11H,(H,12,13)/p-1/t7-,8-/m0/s1. The summed E-state index contributed by atoms with van der Waals surface area (Å²) in [6.07, 6.45) is 0. The van der Waals surface area contributed by atoms with Crippen LogP contribution in [0.15, 0.2) is 24.3 Å². The minimum atomic E-state index is -1.09. The first-order chi connectivity index (χ1) is 6.18. The lowest BCUT2D eigenvalue weighted by molar-refractivity contribution is -0.305. The van der Waals surface area contributed by atoms with Gasteiger partial charge >= 0.3 is 0 Å². The summed E-state index contributed by atoms with van der Waals surface area (Å²) in [5, 5.41) is 22.1. The molecule has 0 amide bonds. The average molecular weight is 178 g/mol. The highest BCUT2D eigenvalue weighted by molar-refractivity contribution is 5.76. The predicted octanol–water partition coefficient (Wildman–Crippen LogP) is -0.845. The Morgan fingerprint density at radius 1 is 1.38 bits per heavy atom. The monoisotopic (exact) mass is 178 g/mol. The second kappa shape index (κ2) is 2.74. The molecule has 13 heavy (non-hydrogen) atoms. The first-order valence-electron chi connectivity index (χ1n) is 3.94. The van der Waals surface area contributed by atoms with Crippen LogP contribution in [0.4, 0.5) is 0 Å². The molecular formula is C9H8NO3-. The summed E-state index contributed by atoms with van der Waals surface area (Å²) >= 11 is 0. The maximum absolute atomic E-state index is 10.4. The van der Waals surface area contributed by atoms with Crippen molar-refractivity contribution in [1.82, 2.24) is 5.32 Å². The smallest absolute Gasteiger partial charge is 0.115 e. The fraction of sp³-hybridized carbons (Fsp3) is 0.222. The van der Waals surface area contributed by atoms with E-state index in [1.807, 2.05) is 0 Å². The van der Waals surface area contributed by atoms with E-state index < -0.39 is 12.0 Å². The Morgan fingerprint density at radius 3 is 2.46 bits per heavy atom. The van der Waals surface area contributed by atoms with Gasteiger partial charge in [0.25, 0.3) is 0 Å². The minimum absolute atomic E-state index is 0.161. The van der Waals surface area contributed by atoms with Crippen molar-refractivity contribution in [2.75, 3.05) is 0 Å². The summed E-state index contributed by atoms with van der Waals surface area (Å²) in [6, 6.07) is 5.70. The van der Waals surface area contributed by atoms with Crippen molar-refractivity contribution in [2.45, 2.75) is 12.1 Å². The van der Waals surface area contributed by atoms with Crippen LogP contribution < -0.4 is 10.4 Å². The quantitative estimate of drug-likeness (QED) is 0.578. The van der Waals surface area contributed by atoms with Gasteiger partial charge in [0.2, 0.25) is 0 Å². The number of carbonyl (C=O) groups is 1. The third kappa shape index (κ3) is 1.48. The average Bonchev–Trinajstić information content (AvgIpc) is 2.85. The molecule has 1 fully saturated rings. The molecule has 1 aromatic carbocycles. The van der Waals surface area contributed by atoms with Crippen molar-refractivity contribution < 1.29 is 15.0 Å². The topological polar surface area (TPSA) is 82.3 Å². The third-order valence-electron chi connectivity index (χ3n) is 2.09. The molecule has 0 unspecified atom stereocenters. The van der Waals surface area contributed by atoms with E-state index in [2.05, 4.69) is 5.32 Å². The highest BCUT2D eigenvalue weighted by Gasteiger charge is 2.38. The Hall–Kier alpha value is -1.55. The molecule has 2 rings (SSSR count). The molecule has 4 heteroatoms. The molecule has 0 aliphatic carbocycles. The molecule has 1 aliphatic rings. The van der Waals surface area contributed by atoms with Crippen molar-refractivity contribution in [3.05, 3.63) is 29.8 Å². The molecule has 68 valence electrons. The summed E-state index contributed by atoms with van der Waals surface area (Å²) in [5.41, 5.74) is 0.854. The van der Waals surface area contributed by atoms with E-state index in [9.17, 15) is 9.90 Å². The molecule has 0 saturated carbocycles. The molecule has 2 N–H and O–H groups in total. The van der Waals surface area contributed by atoms with Crippen molar-refractivity contribution in [2.24, 2.45) is 0 Å². The zero-order valence-electron chi connectivity index (χ0n) is 6.73. The second-order valence-corrected chi connectivity index (χ2v) is 3.03. The highest BCUT2D eigenvalue weighted by atomic mass is 16.4. The number of rotatable bonds is 2. The van der Waals surface area contributed by atoms with E-state index in [1.54, 1.807) is 12.1 Å². The van der Waals surface area contributed by atoms with Gasteiger partial charge in [-0.15, -0.1) is 0 Å². The lowest BCUT2D eigenvalue weighted by Gasteiger charge is -1.98. The number of carboxylic acid groups (broad SMARTS) is 1. The number of carboxylic acids is 1. The van der Waals surface area contributed by atoms with Gasteiger partial charge in [0.1, 0.15) is 5.75 Å². The SMILES string of the molecule is O=C([O-])[C@H]1N[C@H]1c1ccc(O)cc1. The number of benzene rings is 1. The van der Waals surface area contributed by atoms with E-state index in [0.717, 1.165) is 5.56 Å². The van der Waals surface area contributed by atoms with Crippen molar-refractivity contribution in [3.63, 3.8) is 0 Å². The van der Waals surface area contributed by atoms with Gasteiger partial charge in [-0.25, -0.2) is 0 Å². The van der Waals surface area contributed by atoms with Gasteiger partial charge in [0.05, 0.1) is 18.1 Å². The summed E-state index contributed by atoms with van der Waals surface area (Å²) < 4.78 is 0. The second-order valence-electron chi connectivity index (χ2n) is 3.03. The van der Waals surface area contributed by atoms with Crippen LogP contribution in [0.5, 0.6) is 5.75 Å². The van der Waals surface area contributed by atoms with Crippen LogP contribution in [0.25, 0.3) is 0 Å². The number of aliphatic carboxylic acids is 1. The molecular weight excluding hydrogens is 170 g/mol. The number of aromatic hydroxyl groups is 1. The van der Waals surface area contributed by atoms with E-state index in [0.29, 0.717) is 0 Å². The van der Waals surface area contributed by atoms with E-state index in [1.165, 1.54) is 12.1 Å². The van der Waals surface area contributed by atoms with Gasteiger partial charge in [0, 0.05) is 0 Å². The van der Waals surface area contributed by atoms with Gasteiger partial charge in [0.15, 0.2) is 0 Å². The summed E-state index contributed by atoms with van der Waals surface area (Å²) in [5.74, 6) is -0.910. The number of hydrogen-bond acceptors (Lipinski definition) is 4. The van der Waals surface area contributed by atoms with E-state index in [-0.39, 0.29) is 11.8 Å². The Bertz CT molecular complexity index is 333. The van der Waals surface area contributed by atoms with Gasteiger partial charge in [-0.3, -0.25) is 5.32 Å². The van der Waals surface area contributed by atoms with Crippen LogP contribution >= 0.6 is 0 Å². The van der Waals surface area contributed by atoms with Gasteiger partial charge in [-0.05, 0) is 17.7 Å². The largest absolute Gasteiger partial charge is 0.548 e. The van der Waals surface area contributed by atoms with Gasteiger partial charge in [-0.2, -0.15) is 0 Å². The Labute approximate surface area is 74.8 Å². The van der Waals surface area contributed by atoms with Crippen molar-refractivity contribution in [3.8, 4) is 5.75 Å².